The summed E-state index contributed by atoms with van der Waals surface area (Å²) in [5.41, 5.74) is 3.06. The molecule has 0 unspecified atom stereocenters. The van der Waals surface area contributed by atoms with Gasteiger partial charge in [-0.2, -0.15) is 0 Å². The lowest BCUT2D eigenvalue weighted by Gasteiger charge is -2.14. The van der Waals surface area contributed by atoms with Crippen LogP contribution in [-0.4, -0.2) is 38.0 Å². The number of hydrogen-bond acceptors (Lipinski definition) is 5. The number of methoxy groups -OCH3 is 1. The average Bonchev–Trinajstić information content (AvgIpc) is 3.44. The Balaban J connectivity index is 1.34. The van der Waals surface area contributed by atoms with Crippen LogP contribution in [0.1, 0.15) is 31.4 Å². The van der Waals surface area contributed by atoms with Crippen LogP contribution >= 0.6 is 11.8 Å². The minimum absolute atomic E-state index is 0.0418. The third-order valence-corrected chi connectivity index (χ3v) is 6.76. The molecular formula is C24H25N5O2S. The van der Waals surface area contributed by atoms with Crippen molar-refractivity contribution in [3.8, 4) is 17.1 Å². The summed E-state index contributed by atoms with van der Waals surface area (Å²) in [4.78, 5) is 16.1. The second kappa shape index (κ2) is 8.70. The SMILES string of the molecule is COc1ccccc1CNC(=O)[C@@H](C)Sc1nnc(-c2c[nH]c3ccccc23)n1C1CC1. The molecule has 7 nitrogen and oxygen atoms in total. The third kappa shape index (κ3) is 3.98. The molecule has 2 N–H and O–H groups in total. The van der Waals surface area contributed by atoms with E-state index in [9.17, 15) is 4.79 Å². The van der Waals surface area contributed by atoms with Gasteiger partial charge in [-0.05, 0) is 31.9 Å². The van der Waals surface area contributed by atoms with Gasteiger partial charge in [-0.3, -0.25) is 9.36 Å². The van der Waals surface area contributed by atoms with Crippen LogP contribution in [0.4, 0.5) is 0 Å². The maximum Gasteiger partial charge on any atom is 0.233 e. The zero-order valence-electron chi connectivity index (χ0n) is 18.0. The van der Waals surface area contributed by atoms with Crippen molar-refractivity contribution in [2.45, 2.75) is 42.8 Å². The molecule has 5 rings (SSSR count). The summed E-state index contributed by atoms with van der Waals surface area (Å²) in [6, 6.07) is 16.3. The number of ether oxygens (including phenoxy) is 1. The van der Waals surface area contributed by atoms with Gasteiger partial charge in [0.2, 0.25) is 5.91 Å². The monoisotopic (exact) mass is 447 g/mol. The highest BCUT2D eigenvalue weighted by Gasteiger charge is 2.32. The van der Waals surface area contributed by atoms with E-state index in [1.807, 2.05) is 49.5 Å². The Morgan fingerprint density at radius 1 is 1.22 bits per heavy atom. The van der Waals surface area contributed by atoms with Crippen molar-refractivity contribution in [2.24, 2.45) is 0 Å². The largest absolute Gasteiger partial charge is 0.496 e. The van der Waals surface area contributed by atoms with Gasteiger partial charge in [0.25, 0.3) is 0 Å². The molecule has 1 aliphatic carbocycles. The Kier molecular flexibility index (Phi) is 5.61. The minimum Gasteiger partial charge on any atom is -0.496 e. The molecule has 0 aliphatic heterocycles. The molecular weight excluding hydrogens is 422 g/mol. The normalized spacial score (nSPS) is 14.4. The van der Waals surface area contributed by atoms with Gasteiger partial charge in [0.05, 0.1) is 12.4 Å². The fraction of sp³-hybridized carbons (Fsp3) is 0.292. The first-order chi connectivity index (χ1) is 15.7. The number of carbonyl (C=O) groups is 1. The van der Waals surface area contributed by atoms with E-state index in [0.717, 1.165) is 51.6 Å². The molecule has 8 heteroatoms. The summed E-state index contributed by atoms with van der Waals surface area (Å²) in [6.07, 6.45) is 4.20. The van der Waals surface area contributed by atoms with Gasteiger partial charge in [-0.25, -0.2) is 0 Å². The van der Waals surface area contributed by atoms with E-state index < -0.39 is 0 Å². The highest BCUT2D eigenvalue weighted by atomic mass is 32.2. The van der Waals surface area contributed by atoms with Crippen LogP contribution in [0.15, 0.2) is 59.9 Å². The van der Waals surface area contributed by atoms with Crippen molar-refractivity contribution >= 4 is 28.6 Å². The number of amides is 1. The van der Waals surface area contributed by atoms with E-state index in [-0.39, 0.29) is 11.2 Å². The number of H-pyrrole nitrogens is 1. The van der Waals surface area contributed by atoms with Crippen molar-refractivity contribution in [3.05, 3.63) is 60.3 Å². The van der Waals surface area contributed by atoms with Crippen molar-refractivity contribution in [1.29, 1.82) is 0 Å². The molecule has 0 saturated heterocycles. The first-order valence-corrected chi connectivity index (χ1v) is 11.6. The second-order valence-corrected chi connectivity index (χ2v) is 9.25. The van der Waals surface area contributed by atoms with Crippen molar-refractivity contribution in [3.63, 3.8) is 0 Å². The van der Waals surface area contributed by atoms with Gasteiger partial charge >= 0.3 is 0 Å². The first kappa shape index (κ1) is 20.6. The fourth-order valence-electron chi connectivity index (χ4n) is 3.85. The molecule has 0 radical (unpaired) electrons. The summed E-state index contributed by atoms with van der Waals surface area (Å²) >= 11 is 1.45. The number of fused-ring (bicyclic) bond motifs is 1. The van der Waals surface area contributed by atoms with E-state index in [0.29, 0.717) is 12.6 Å². The molecule has 2 aromatic heterocycles. The topological polar surface area (TPSA) is 84.8 Å². The maximum atomic E-state index is 12.8. The van der Waals surface area contributed by atoms with E-state index in [4.69, 9.17) is 4.74 Å². The van der Waals surface area contributed by atoms with Gasteiger partial charge in [-0.15, -0.1) is 10.2 Å². The quantitative estimate of drug-likeness (QED) is 0.387. The average molecular weight is 448 g/mol. The van der Waals surface area contributed by atoms with Crippen LogP contribution in [0.5, 0.6) is 5.75 Å². The molecule has 1 fully saturated rings. The number of hydrogen-bond donors (Lipinski definition) is 2. The summed E-state index contributed by atoms with van der Waals surface area (Å²) in [5, 5.41) is 13.6. The van der Waals surface area contributed by atoms with E-state index in [2.05, 4.69) is 37.2 Å². The number of rotatable bonds is 8. The lowest BCUT2D eigenvalue weighted by molar-refractivity contribution is -0.120. The van der Waals surface area contributed by atoms with Crippen molar-refractivity contribution < 1.29 is 9.53 Å². The number of carbonyl (C=O) groups excluding carboxylic acids is 1. The molecule has 32 heavy (non-hydrogen) atoms. The summed E-state index contributed by atoms with van der Waals surface area (Å²) in [7, 11) is 1.63. The maximum absolute atomic E-state index is 12.8. The summed E-state index contributed by atoms with van der Waals surface area (Å²) < 4.78 is 7.57. The standard InChI is InChI=1S/C24H25N5O2S/c1-15(23(30)26-13-16-7-3-6-10-21(16)31-2)32-24-28-27-22(29(24)17-11-12-17)19-14-25-20-9-5-4-8-18(19)20/h3-10,14-15,17,25H,11-13H2,1-2H3,(H,26,30)/t15-/m1/s1. The Bertz CT molecular complexity index is 1260. The minimum atomic E-state index is -0.303. The van der Waals surface area contributed by atoms with Crippen molar-refractivity contribution in [1.82, 2.24) is 25.1 Å². The van der Waals surface area contributed by atoms with Gasteiger partial charge < -0.3 is 15.0 Å². The molecule has 164 valence electrons. The Labute approximate surface area is 190 Å². The van der Waals surface area contributed by atoms with Crippen LogP contribution in [0, 0.1) is 0 Å². The molecule has 1 amide bonds. The Hall–Kier alpha value is -3.26. The van der Waals surface area contributed by atoms with Gasteiger partial charge in [0.15, 0.2) is 11.0 Å². The molecule has 1 saturated carbocycles. The van der Waals surface area contributed by atoms with E-state index >= 15 is 0 Å². The first-order valence-electron chi connectivity index (χ1n) is 10.7. The predicted octanol–water partition coefficient (Wildman–Crippen LogP) is 4.57. The Morgan fingerprint density at radius 2 is 2.00 bits per heavy atom. The lowest BCUT2D eigenvalue weighted by Crippen LogP contribution is -2.30. The molecule has 2 heterocycles. The van der Waals surface area contributed by atoms with Crippen LogP contribution in [0.2, 0.25) is 0 Å². The second-order valence-electron chi connectivity index (χ2n) is 7.95. The Morgan fingerprint density at radius 3 is 2.81 bits per heavy atom. The van der Waals surface area contributed by atoms with E-state index in [1.54, 1.807) is 7.11 Å². The number of nitrogens with zero attached hydrogens (tertiary/aromatic N) is 3. The molecule has 4 aromatic rings. The zero-order valence-corrected chi connectivity index (χ0v) is 18.9. The van der Waals surface area contributed by atoms with Crippen LogP contribution < -0.4 is 10.1 Å². The molecule has 0 bridgehead atoms. The molecule has 2 aromatic carbocycles. The number of aromatic amines is 1. The number of para-hydroxylation sites is 2. The van der Waals surface area contributed by atoms with Crippen LogP contribution in [0.3, 0.4) is 0 Å². The smallest absolute Gasteiger partial charge is 0.233 e. The summed E-state index contributed by atoms with van der Waals surface area (Å²) in [5.74, 6) is 1.58. The number of benzene rings is 2. The van der Waals surface area contributed by atoms with Gasteiger partial charge in [0, 0.05) is 40.8 Å². The predicted molar refractivity (Wildman–Crippen MR) is 126 cm³/mol. The van der Waals surface area contributed by atoms with E-state index in [1.165, 1.54) is 11.8 Å². The zero-order chi connectivity index (χ0) is 22.1. The summed E-state index contributed by atoms with van der Waals surface area (Å²) in [6.45, 7) is 2.32. The molecule has 1 atom stereocenters. The van der Waals surface area contributed by atoms with Crippen LogP contribution in [-0.2, 0) is 11.3 Å². The highest BCUT2D eigenvalue weighted by Crippen LogP contribution is 2.42. The van der Waals surface area contributed by atoms with Crippen LogP contribution in [0.25, 0.3) is 22.3 Å². The van der Waals surface area contributed by atoms with Gasteiger partial charge in [-0.1, -0.05) is 48.2 Å². The fourth-order valence-corrected chi connectivity index (χ4v) is 4.79. The van der Waals surface area contributed by atoms with Crippen molar-refractivity contribution in [2.75, 3.05) is 7.11 Å². The number of thioether (sulfide) groups is 1. The molecule has 1 aliphatic rings. The third-order valence-electron chi connectivity index (χ3n) is 5.70. The van der Waals surface area contributed by atoms with Gasteiger partial charge in [0.1, 0.15) is 5.75 Å². The highest BCUT2D eigenvalue weighted by molar-refractivity contribution is 8.00. The molecule has 0 spiro atoms. The lowest BCUT2D eigenvalue weighted by atomic mass is 10.1. The number of nitrogens with one attached hydrogen (secondary N) is 2. The number of aromatic nitrogens is 4.